The number of benzene rings is 1. The van der Waals surface area contributed by atoms with Crippen molar-refractivity contribution >= 4 is 17.3 Å². The van der Waals surface area contributed by atoms with Crippen molar-refractivity contribution in [3.8, 4) is 0 Å². The summed E-state index contributed by atoms with van der Waals surface area (Å²) in [6.45, 7) is 2.72. The fraction of sp³-hybridized carbons (Fsp3) is 0.375. The van der Waals surface area contributed by atoms with Crippen LogP contribution in [0.3, 0.4) is 0 Å². The van der Waals surface area contributed by atoms with E-state index in [1.807, 2.05) is 25.1 Å². The highest BCUT2D eigenvalue weighted by Crippen LogP contribution is 2.37. The van der Waals surface area contributed by atoms with Gasteiger partial charge in [0.1, 0.15) is 5.76 Å². The van der Waals surface area contributed by atoms with Crippen molar-refractivity contribution in [3.63, 3.8) is 0 Å². The Balaban J connectivity index is 1.87. The number of nitrogens with two attached hydrogens (primary N) is 1. The fourth-order valence-corrected chi connectivity index (χ4v) is 2.70. The highest BCUT2D eigenvalue weighted by molar-refractivity contribution is 6.33. The van der Waals surface area contributed by atoms with Gasteiger partial charge in [-0.05, 0) is 49.6 Å². The van der Waals surface area contributed by atoms with E-state index in [4.69, 9.17) is 21.8 Å². The Kier molecular flexibility index (Phi) is 3.72. The number of halogens is 1. The quantitative estimate of drug-likeness (QED) is 0.900. The first-order chi connectivity index (χ1) is 9.65. The molecule has 106 valence electrons. The van der Waals surface area contributed by atoms with E-state index in [0.29, 0.717) is 6.04 Å². The average molecular weight is 291 g/mol. The van der Waals surface area contributed by atoms with E-state index in [9.17, 15) is 0 Å². The van der Waals surface area contributed by atoms with Gasteiger partial charge in [-0.25, -0.2) is 0 Å². The van der Waals surface area contributed by atoms with Crippen LogP contribution in [0.25, 0.3) is 0 Å². The standard InChI is InChI=1S/C16H19ClN2O/c1-11(18)12-4-7-16(15(17)9-12)19(13-5-6-13)10-14-3-2-8-20-14/h2-4,7-9,11,13H,5-6,10,18H2,1H3/t11-/m0/s1. The molecular formula is C16H19ClN2O. The molecule has 2 N–H and O–H groups in total. The summed E-state index contributed by atoms with van der Waals surface area (Å²) in [5, 5.41) is 0.762. The lowest BCUT2D eigenvalue weighted by Crippen LogP contribution is -2.25. The van der Waals surface area contributed by atoms with Crippen LogP contribution in [0, 0.1) is 0 Å². The molecule has 1 aliphatic carbocycles. The van der Waals surface area contributed by atoms with Gasteiger partial charge in [0.15, 0.2) is 0 Å². The summed E-state index contributed by atoms with van der Waals surface area (Å²) >= 11 is 6.45. The van der Waals surface area contributed by atoms with Crippen molar-refractivity contribution in [1.82, 2.24) is 0 Å². The lowest BCUT2D eigenvalue weighted by atomic mass is 10.1. The Hall–Kier alpha value is -1.45. The molecule has 0 amide bonds. The van der Waals surface area contributed by atoms with Gasteiger partial charge in [0.2, 0.25) is 0 Å². The zero-order valence-electron chi connectivity index (χ0n) is 11.6. The maximum Gasteiger partial charge on any atom is 0.123 e. The molecule has 1 atom stereocenters. The van der Waals surface area contributed by atoms with Crippen LogP contribution < -0.4 is 10.6 Å². The molecule has 1 aromatic heterocycles. The molecule has 0 radical (unpaired) electrons. The first kappa shape index (κ1) is 13.5. The molecule has 1 saturated carbocycles. The summed E-state index contributed by atoms with van der Waals surface area (Å²) < 4.78 is 5.46. The molecule has 2 aromatic rings. The first-order valence-corrected chi connectivity index (χ1v) is 7.37. The summed E-state index contributed by atoms with van der Waals surface area (Å²) in [5.74, 6) is 0.962. The zero-order chi connectivity index (χ0) is 14.1. The van der Waals surface area contributed by atoms with Gasteiger partial charge in [-0.3, -0.25) is 0 Å². The predicted molar refractivity (Wildman–Crippen MR) is 82.0 cm³/mol. The van der Waals surface area contributed by atoms with Gasteiger partial charge < -0.3 is 15.1 Å². The summed E-state index contributed by atoms with van der Waals surface area (Å²) in [7, 11) is 0. The summed E-state index contributed by atoms with van der Waals surface area (Å²) in [6, 6.07) is 10.6. The molecule has 3 nitrogen and oxygen atoms in total. The lowest BCUT2D eigenvalue weighted by Gasteiger charge is -2.25. The summed E-state index contributed by atoms with van der Waals surface area (Å²) in [5.41, 5.74) is 8.03. The number of furan rings is 1. The molecule has 1 aliphatic rings. The van der Waals surface area contributed by atoms with Crippen LogP contribution in [-0.4, -0.2) is 6.04 Å². The van der Waals surface area contributed by atoms with Gasteiger partial charge in [0.05, 0.1) is 23.5 Å². The molecule has 1 aromatic carbocycles. The zero-order valence-corrected chi connectivity index (χ0v) is 12.3. The van der Waals surface area contributed by atoms with E-state index in [1.165, 1.54) is 12.8 Å². The Labute approximate surface area is 124 Å². The smallest absolute Gasteiger partial charge is 0.123 e. The van der Waals surface area contributed by atoms with Gasteiger partial charge in [0.25, 0.3) is 0 Å². The van der Waals surface area contributed by atoms with Gasteiger partial charge in [-0.1, -0.05) is 17.7 Å². The van der Waals surface area contributed by atoms with Crippen LogP contribution in [-0.2, 0) is 6.54 Å². The van der Waals surface area contributed by atoms with Crippen LogP contribution in [0.5, 0.6) is 0 Å². The molecule has 20 heavy (non-hydrogen) atoms. The molecule has 0 bridgehead atoms. The Morgan fingerprint density at radius 2 is 2.20 bits per heavy atom. The molecule has 4 heteroatoms. The maximum absolute atomic E-state index is 6.45. The van der Waals surface area contributed by atoms with E-state index >= 15 is 0 Å². The van der Waals surface area contributed by atoms with Crippen molar-refractivity contribution in [3.05, 3.63) is 52.9 Å². The second kappa shape index (κ2) is 5.51. The van der Waals surface area contributed by atoms with Crippen molar-refractivity contribution in [2.24, 2.45) is 5.73 Å². The van der Waals surface area contributed by atoms with E-state index in [2.05, 4.69) is 17.0 Å². The highest BCUT2D eigenvalue weighted by atomic mass is 35.5. The SMILES string of the molecule is C[C@H](N)c1ccc(N(Cc2ccco2)C2CC2)c(Cl)c1. The average Bonchev–Trinajstić information content (AvgIpc) is 3.14. The van der Waals surface area contributed by atoms with E-state index in [1.54, 1.807) is 6.26 Å². The second-order valence-corrected chi connectivity index (χ2v) is 5.85. The van der Waals surface area contributed by atoms with Gasteiger partial charge in [-0.15, -0.1) is 0 Å². The molecule has 0 aliphatic heterocycles. The van der Waals surface area contributed by atoms with Gasteiger partial charge >= 0.3 is 0 Å². The highest BCUT2D eigenvalue weighted by Gasteiger charge is 2.31. The van der Waals surface area contributed by atoms with Crippen LogP contribution in [0.15, 0.2) is 41.0 Å². The van der Waals surface area contributed by atoms with Crippen molar-refractivity contribution in [2.45, 2.75) is 38.4 Å². The Bertz CT molecular complexity index is 576. The lowest BCUT2D eigenvalue weighted by molar-refractivity contribution is 0.501. The molecule has 0 spiro atoms. The number of hydrogen-bond acceptors (Lipinski definition) is 3. The minimum atomic E-state index is 0.000925. The summed E-state index contributed by atoms with van der Waals surface area (Å²) in [6.07, 6.45) is 4.14. The van der Waals surface area contributed by atoms with Crippen molar-refractivity contribution < 1.29 is 4.42 Å². The largest absolute Gasteiger partial charge is 0.467 e. The minimum Gasteiger partial charge on any atom is -0.467 e. The molecule has 0 unspecified atom stereocenters. The topological polar surface area (TPSA) is 42.4 Å². The molecule has 1 fully saturated rings. The van der Waals surface area contributed by atoms with Crippen molar-refractivity contribution in [2.75, 3.05) is 4.90 Å². The third-order valence-corrected chi connectivity index (χ3v) is 4.00. The third kappa shape index (κ3) is 2.84. The Morgan fingerprint density at radius 3 is 2.75 bits per heavy atom. The molecule has 1 heterocycles. The van der Waals surface area contributed by atoms with Crippen LogP contribution >= 0.6 is 11.6 Å². The normalized spacial score (nSPS) is 16.1. The fourth-order valence-electron chi connectivity index (χ4n) is 2.41. The summed E-state index contributed by atoms with van der Waals surface area (Å²) in [4.78, 5) is 2.33. The molecule has 0 saturated heterocycles. The van der Waals surface area contributed by atoms with Crippen molar-refractivity contribution in [1.29, 1.82) is 0 Å². The number of rotatable bonds is 5. The number of nitrogens with zero attached hydrogens (tertiary/aromatic N) is 1. The van der Waals surface area contributed by atoms with E-state index in [0.717, 1.165) is 28.6 Å². The van der Waals surface area contributed by atoms with E-state index < -0.39 is 0 Å². The van der Waals surface area contributed by atoms with Crippen LogP contribution in [0.1, 0.15) is 37.1 Å². The molecular weight excluding hydrogens is 272 g/mol. The third-order valence-electron chi connectivity index (χ3n) is 3.70. The first-order valence-electron chi connectivity index (χ1n) is 6.99. The van der Waals surface area contributed by atoms with Crippen LogP contribution in [0.4, 0.5) is 5.69 Å². The number of anilines is 1. The second-order valence-electron chi connectivity index (χ2n) is 5.44. The minimum absolute atomic E-state index is 0.000925. The Morgan fingerprint density at radius 1 is 1.40 bits per heavy atom. The predicted octanol–water partition coefficient (Wildman–Crippen LogP) is 4.12. The monoisotopic (exact) mass is 290 g/mol. The number of hydrogen-bond donors (Lipinski definition) is 1. The maximum atomic E-state index is 6.45. The van der Waals surface area contributed by atoms with Gasteiger partial charge in [-0.2, -0.15) is 0 Å². The van der Waals surface area contributed by atoms with Gasteiger partial charge in [0, 0.05) is 12.1 Å². The van der Waals surface area contributed by atoms with E-state index in [-0.39, 0.29) is 6.04 Å². The molecule has 3 rings (SSSR count). The van der Waals surface area contributed by atoms with Crippen LogP contribution in [0.2, 0.25) is 5.02 Å².